The van der Waals surface area contributed by atoms with Crippen LogP contribution in [0.5, 0.6) is 0 Å². The molecule has 0 radical (unpaired) electrons. The summed E-state index contributed by atoms with van der Waals surface area (Å²) in [4.78, 5) is 19.5. The number of fused-ring (bicyclic) bond motifs is 1. The predicted molar refractivity (Wildman–Crippen MR) is 86.7 cm³/mol. The van der Waals surface area contributed by atoms with Crippen LogP contribution in [0.1, 0.15) is 28.9 Å². The zero-order valence-corrected chi connectivity index (χ0v) is 12.8. The third-order valence-corrected chi connectivity index (χ3v) is 4.98. The molecule has 2 aromatic heterocycles. The van der Waals surface area contributed by atoms with Crippen LogP contribution in [-0.4, -0.2) is 42.0 Å². The lowest BCUT2D eigenvalue weighted by Gasteiger charge is -2.14. The molecule has 1 aliphatic heterocycles. The highest BCUT2D eigenvalue weighted by atomic mass is 32.1. The second-order valence-electron chi connectivity index (χ2n) is 5.35. The summed E-state index contributed by atoms with van der Waals surface area (Å²) in [6.07, 6.45) is 5.29. The molecule has 0 atom stereocenters. The second kappa shape index (κ2) is 6.41. The van der Waals surface area contributed by atoms with E-state index in [9.17, 15) is 4.79 Å². The Kier molecular flexibility index (Phi) is 4.36. The minimum atomic E-state index is -0.0862. The van der Waals surface area contributed by atoms with Crippen molar-refractivity contribution in [1.29, 1.82) is 0 Å². The van der Waals surface area contributed by atoms with Gasteiger partial charge in [0.05, 0.1) is 10.4 Å². The number of amides is 1. The lowest BCUT2D eigenvalue weighted by atomic mass is 10.3. The Balaban J connectivity index is 1.55. The monoisotopic (exact) mass is 304 g/mol. The van der Waals surface area contributed by atoms with Gasteiger partial charge in [0.25, 0.3) is 5.91 Å². The summed E-state index contributed by atoms with van der Waals surface area (Å²) in [6.45, 7) is 4.14. The third-order valence-electron chi connectivity index (χ3n) is 3.82. The topological polar surface area (TPSA) is 71.2 Å². The van der Waals surface area contributed by atoms with Gasteiger partial charge in [-0.1, -0.05) is 0 Å². The number of nitrogen functional groups attached to an aromatic ring is 1. The van der Waals surface area contributed by atoms with Crippen LogP contribution in [0.4, 0.5) is 5.69 Å². The number of nitrogens with one attached hydrogen (secondary N) is 1. The molecular formula is C15H20N4OS. The number of rotatable bonds is 5. The smallest absolute Gasteiger partial charge is 0.263 e. The van der Waals surface area contributed by atoms with E-state index in [0.29, 0.717) is 17.1 Å². The summed E-state index contributed by atoms with van der Waals surface area (Å²) in [5.74, 6) is -0.0862. The van der Waals surface area contributed by atoms with Gasteiger partial charge >= 0.3 is 0 Å². The van der Waals surface area contributed by atoms with Gasteiger partial charge in [0.15, 0.2) is 0 Å². The molecule has 112 valence electrons. The van der Waals surface area contributed by atoms with Crippen LogP contribution in [-0.2, 0) is 0 Å². The summed E-state index contributed by atoms with van der Waals surface area (Å²) in [7, 11) is 0. The number of nitrogens with zero attached hydrogens (tertiary/aromatic N) is 2. The third kappa shape index (κ3) is 3.16. The minimum Gasteiger partial charge on any atom is -0.396 e. The van der Waals surface area contributed by atoms with E-state index >= 15 is 0 Å². The Hall–Kier alpha value is -1.66. The van der Waals surface area contributed by atoms with Gasteiger partial charge in [-0.3, -0.25) is 9.78 Å². The van der Waals surface area contributed by atoms with E-state index in [4.69, 9.17) is 5.73 Å². The van der Waals surface area contributed by atoms with Gasteiger partial charge < -0.3 is 16.0 Å². The van der Waals surface area contributed by atoms with Crippen molar-refractivity contribution in [1.82, 2.24) is 15.2 Å². The molecule has 5 nitrogen and oxygen atoms in total. The number of pyridine rings is 1. The van der Waals surface area contributed by atoms with Crippen LogP contribution in [0.3, 0.4) is 0 Å². The highest BCUT2D eigenvalue weighted by molar-refractivity contribution is 7.21. The van der Waals surface area contributed by atoms with Crippen molar-refractivity contribution in [2.45, 2.75) is 19.3 Å². The number of nitrogens with two attached hydrogens (primary N) is 1. The highest BCUT2D eigenvalue weighted by Crippen LogP contribution is 2.31. The van der Waals surface area contributed by atoms with Crippen LogP contribution in [0.2, 0.25) is 0 Å². The summed E-state index contributed by atoms with van der Waals surface area (Å²) >= 11 is 1.41. The number of anilines is 1. The van der Waals surface area contributed by atoms with E-state index in [-0.39, 0.29) is 5.91 Å². The first kappa shape index (κ1) is 14.3. The molecule has 0 spiro atoms. The Morgan fingerprint density at radius 1 is 1.43 bits per heavy atom. The zero-order valence-electron chi connectivity index (χ0n) is 12.0. The van der Waals surface area contributed by atoms with E-state index in [1.54, 1.807) is 6.20 Å². The molecule has 3 rings (SSSR count). The van der Waals surface area contributed by atoms with Gasteiger partial charge in [0.2, 0.25) is 0 Å². The lowest BCUT2D eigenvalue weighted by molar-refractivity contribution is 0.0957. The van der Waals surface area contributed by atoms with Crippen molar-refractivity contribution >= 4 is 33.1 Å². The zero-order chi connectivity index (χ0) is 14.7. The molecule has 1 fully saturated rings. The van der Waals surface area contributed by atoms with E-state index < -0.39 is 0 Å². The number of thiophene rings is 1. The Labute approximate surface area is 128 Å². The first-order chi connectivity index (χ1) is 10.3. The fourth-order valence-electron chi connectivity index (χ4n) is 2.71. The average Bonchev–Trinajstić information content (AvgIpc) is 3.12. The first-order valence-corrected chi connectivity index (χ1v) is 8.21. The standard InChI is InChI=1S/C15H20N4OS/c16-12-13-11(5-3-6-17-13)21-14(12)15(20)18-7-4-10-19-8-1-2-9-19/h3,5-6H,1-2,4,7-10,16H2,(H,18,20). The maximum atomic E-state index is 12.2. The van der Waals surface area contributed by atoms with E-state index in [0.717, 1.165) is 23.2 Å². The first-order valence-electron chi connectivity index (χ1n) is 7.39. The SMILES string of the molecule is Nc1c(C(=O)NCCCN2CCCC2)sc2cccnc12. The van der Waals surface area contributed by atoms with Gasteiger partial charge in [-0.2, -0.15) is 0 Å². The number of carbonyl (C=O) groups is 1. The normalized spacial score (nSPS) is 15.6. The summed E-state index contributed by atoms with van der Waals surface area (Å²) in [5.41, 5.74) is 7.24. The minimum absolute atomic E-state index is 0.0862. The molecule has 0 aromatic carbocycles. The van der Waals surface area contributed by atoms with Gasteiger partial charge in [0.1, 0.15) is 10.4 Å². The van der Waals surface area contributed by atoms with Crippen molar-refractivity contribution in [3.8, 4) is 0 Å². The fourth-order valence-corrected chi connectivity index (χ4v) is 3.70. The second-order valence-corrected chi connectivity index (χ2v) is 6.41. The van der Waals surface area contributed by atoms with Crippen molar-refractivity contribution in [2.24, 2.45) is 0 Å². The summed E-state index contributed by atoms with van der Waals surface area (Å²) in [6, 6.07) is 3.80. The molecule has 2 aromatic rings. The number of aromatic nitrogens is 1. The summed E-state index contributed by atoms with van der Waals surface area (Å²) < 4.78 is 0.956. The van der Waals surface area contributed by atoms with Gasteiger partial charge in [-0.15, -0.1) is 11.3 Å². The largest absolute Gasteiger partial charge is 0.396 e. The molecule has 6 heteroatoms. The van der Waals surface area contributed by atoms with Crippen molar-refractivity contribution in [2.75, 3.05) is 31.9 Å². The van der Waals surface area contributed by atoms with Gasteiger partial charge in [0, 0.05) is 12.7 Å². The van der Waals surface area contributed by atoms with Crippen LogP contribution < -0.4 is 11.1 Å². The highest BCUT2D eigenvalue weighted by Gasteiger charge is 2.17. The number of carbonyl (C=O) groups excluding carboxylic acids is 1. The molecule has 21 heavy (non-hydrogen) atoms. The van der Waals surface area contributed by atoms with Gasteiger partial charge in [-0.25, -0.2) is 0 Å². The maximum absolute atomic E-state index is 12.2. The quantitative estimate of drug-likeness (QED) is 0.830. The molecule has 0 bridgehead atoms. The van der Waals surface area contributed by atoms with Crippen molar-refractivity contribution in [3.63, 3.8) is 0 Å². The van der Waals surface area contributed by atoms with Crippen molar-refractivity contribution < 1.29 is 4.79 Å². The molecule has 1 amide bonds. The fraction of sp³-hybridized carbons (Fsp3) is 0.467. The van der Waals surface area contributed by atoms with Crippen LogP contribution >= 0.6 is 11.3 Å². The lowest BCUT2D eigenvalue weighted by Crippen LogP contribution is -2.28. The van der Waals surface area contributed by atoms with Crippen LogP contribution in [0.25, 0.3) is 10.2 Å². The maximum Gasteiger partial charge on any atom is 0.263 e. The number of hydrogen-bond donors (Lipinski definition) is 2. The number of likely N-dealkylation sites (tertiary alicyclic amines) is 1. The Morgan fingerprint density at radius 2 is 2.24 bits per heavy atom. The molecule has 3 heterocycles. The Bertz CT molecular complexity index is 634. The Morgan fingerprint density at radius 3 is 3.00 bits per heavy atom. The molecule has 0 unspecified atom stereocenters. The average molecular weight is 304 g/mol. The summed E-state index contributed by atoms with van der Waals surface area (Å²) in [5, 5.41) is 2.96. The molecular weight excluding hydrogens is 284 g/mol. The van der Waals surface area contributed by atoms with Crippen LogP contribution in [0, 0.1) is 0 Å². The van der Waals surface area contributed by atoms with E-state index in [2.05, 4.69) is 15.2 Å². The van der Waals surface area contributed by atoms with E-state index in [1.165, 1.54) is 37.3 Å². The van der Waals surface area contributed by atoms with E-state index in [1.807, 2.05) is 12.1 Å². The van der Waals surface area contributed by atoms with Crippen molar-refractivity contribution in [3.05, 3.63) is 23.2 Å². The molecule has 0 saturated carbocycles. The van der Waals surface area contributed by atoms with Crippen LogP contribution in [0.15, 0.2) is 18.3 Å². The number of hydrogen-bond acceptors (Lipinski definition) is 5. The molecule has 3 N–H and O–H groups in total. The predicted octanol–water partition coefficient (Wildman–Crippen LogP) is 2.09. The van der Waals surface area contributed by atoms with Gasteiger partial charge in [-0.05, 0) is 51.0 Å². The molecule has 1 aliphatic rings. The molecule has 1 saturated heterocycles. The molecule has 0 aliphatic carbocycles.